The SMILES string of the molecule is CC(=O)N1CCN(S(=O)(=O)c2cccc(F)c2CN)CC1. The molecule has 21 heavy (non-hydrogen) atoms. The van der Waals surface area contributed by atoms with Gasteiger partial charge in [-0.1, -0.05) is 6.07 Å². The van der Waals surface area contributed by atoms with Crippen LogP contribution in [-0.4, -0.2) is 49.7 Å². The Morgan fingerprint density at radius 3 is 2.43 bits per heavy atom. The van der Waals surface area contributed by atoms with Gasteiger partial charge in [-0.25, -0.2) is 12.8 Å². The summed E-state index contributed by atoms with van der Waals surface area (Å²) in [4.78, 5) is 12.8. The minimum atomic E-state index is -3.80. The molecule has 1 saturated heterocycles. The zero-order valence-corrected chi connectivity index (χ0v) is 12.6. The van der Waals surface area contributed by atoms with Gasteiger partial charge >= 0.3 is 0 Å². The molecule has 1 aliphatic heterocycles. The fraction of sp³-hybridized carbons (Fsp3) is 0.462. The first-order valence-electron chi connectivity index (χ1n) is 6.61. The average Bonchev–Trinajstić information content (AvgIpc) is 2.47. The summed E-state index contributed by atoms with van der Waals surface area (Å²) in [5.74, 6) is -0.707. The minimum absolute atomic E-state index is 0.00787. The molecule has 2 N–H and O–H groups in total. The molecule has 6 nitrogen and oxygen atoms in total. The fourth-order valence-electron chi connectivity index (χ4n) is 2.36. The molecule has 1 aromatic rings. The maximum atomic E-state index is 13.7. The standard InChI is InChI=1S/C13H18FN3O3S/c1-10(18)16-5-7-17(8-6-16)21(19,20)13-4-2-3-12(14)11(13)9-15/h2-4H,5-9,15H2,1H3. The number of hydrogen-bond acceptors (Lipinski definition) is 4. The largest absolute Gasteiger partial charge is 0.340 e. The van der Waals surface area contributed by atoms with E-state index in [2.05, 4.69) is 0 Å². The van der Waals surface area contributed by atoms with E-state index in [0.717, 1.165) is 0 Å². The Bertz CT molecular complexity index is 640. The second-order valence-corrected chi connectivity index (χ2v) is 6.74. The van der Waals surface area contributed by atoms with E-state index in [1.165, 1.54) is 29.4 Å². The van der Waals surface area contributed by atoms with E-state index >= 15 is 0 Å². The van der Waals surface area contributed by atoms with Crippen LogP contribution in [0.2, 0.25) is 0 Å². The topological polar surface area (TPSA) is 83.7 Å². The summed E-state index contributed by atoms with van der Waals surface area (Å²) in [6.45, 7) is 2.33. The number of carbonyl (C=O) groups is 1. The van der Waals surface area contributed by atoms with Gasteiger partial charge in [0.2, 0.25) is 15.9 Å². The zero-order chi connectivity index (χ0) is 15.6. The average molecular weight is 315 g/mol. The number of nitrogens with two attached hydrogens (primary N) is 1. The third-order valence-corrected chi connectivity index (χ3v) is 5.57. The lowest BCUT2D eigenvalue weighted by molar-refractivity contribution is -0.129. The van der Waals surface area contributed by atoms with Crippen LogP contribution >= 0.6 is 0 Å². The van der Waals surface area contributed by atoms with Crippen LogP contribution in [0.15, 0.2) is 23.1 Å². The third kappa shape index (κ3) is 3.07. The van der Waals surface area contributed by atoms with Gasteiger partial charge in [-0.2, -0.15) is 4.31 Å². The fourth-order valence-corrected chi connectivity index (χ4v) is 4.03. The van der Waals surface area contributed by atoms with Crippen molar-refractivity contribution in [2.45, 2.75) is 18.4 Å². The summed E-state index contributed by atoms with van der Waals surface area (Å²) < 4.78 is 40.2. The lowest BCUT2D eigenvalue weighted by Gasteiger charge is -2.33. The summed E-state index contributed by atoms with van der Waals surface area (Å²) in [7, 11) is -3.80. The highest BCUT2D eigenvalue weighted by atomic mass is 32.2. The van der Waals surface area contributed by atoms with Crippen molar-refractivity contribution < 1.29 is 17.6 Å². The maximum absolute atomic E-state index is 13.7. The molecule has 1 heterocycles. The van der Waals surface area contributed by atoms with Crippen LogP contribution in [0.1, 0.15) is 12.5 Å². The number of amides is 1. The van der Waals surface area contributed by atoms with Crippen molar-refractivity contribution in [3.63, 3.8) is 0 Å². The number of hydrogen-bond donors (Lipinski definition) is 1. The van der Waals surface area contributed by atoms with E-state index in [0.29, 0.717) is 13.1 Å². The second-order valence-electron chi connectivity index (χ2n) is 4.83. The molecule has 1 fully saturated rings. The smallest absolute Gasteiger partial charge is 0.243 e. The van der Waals surface area contributed by atoms with Gasteiger partial charge in [0.1, 0.15) is 5.82 Å². The normalized spacial score (nSPS) is 17.0. The maximum Gasteiger partial charge on any atom is 0.243 e. The number of nitrogens with zero attached hydrogens (tertiary/aromatic N) is 2. The number of rotatable bonds is 3. The summed E-state index contributed by atoms with van der Waals surface area (Å²) in [6.07, 6.45) is 0. The summed E-state index contributed by atoms with van der Waals surface area (Å²) in [6, 6.07) is 3.90. The van der Waals surface area contributed by atoms with Gasteiger partial charge in [-0.3, -0.25) is 4.79 Å². The number of halogens is 1. The van der Waals surface area contributed by atoms with Gasteiger partial charge in [0.15, 0.2) is 0 Å². The lowest BCUT2D eigenvalue weighted by Crippen LogP contribution is -2.50. The molecule has 1 amide bonds. The van der Waals surface area contributed by atoms with Crippen molar-refractivity contribution in [3.05, 3.63) is 29.6 Å². The molecule has 0 atom stereocenters. The first kappa shape index (κ1) is 15.9. The predicted octanol–water partition coefficient (Wildman–Crippen LogP) is 0.137. The molecule has 116 valence electrons. The molecule has 0 spiro atoms. The molecule has 0 aliphatic carbocycles. The van der Waals surface area contributed by atoms with Crippen molar-refractivity contribution >= 4 is 15.9 Å². The monoisotopic (exact) mass is 315 g/mol. The number of benzene rings is 1. The number of carbonyl (C=O) groups excluding carboxylic acids is 1. The van der Waals surface area contributed by atoms with Crippen LogP contribution in [0.25, 0.3) is 0 Å². The minimum Gasteiger partial charge on any atom is -0.340 e. The van der Waals surface area contributed by atoms with Gasteiger partial charge in [0.05, 0.1) is 4.90 Å². The van der Waals surface area contributed by atoms with Crippen LogP contribution in [0.4, 0.5) is 4.39 Å². The van der Waals surface area contributed by atoms with Gasteiger partial charge < -0.3 is 10.6 Å². The van der Waals surface area contributed by atoms with Gasteiger partial charge in [-0.05, 0) is 12.1 Å². The molecular weight excluding hydrogens is 297 g/mol. The van der Waals surface area contributed by atoms with Gasteiger partial charge in [0.25, 0.3) is 0 Å². The van der Waals surface area contributed by atoms with Crippen LogP contribution in [0.5, 0.6) is 0 Å². The molecule has 2 rings (SSSR count). The second kappa shape index (κ2) is 6.08. The Labute approximate surface area is 123 Å². The molecule has 0 bridgehead atoms. The van der Waals surface area contributed by atoms with Crippen molar-refractivity contribution in [2.75, 3.05) is 26.2 Å². The summed E-state index contributed by atoms with van der Waals surface area (Å²) in [5, 5.41) is 0. The van der Waals surface area contributed by atoms with E-state index in [1.807, 2.05) is 0 Å². The van der Waals surface area contributed by atoms with Crippen LogP contribution < -0.4 is 5.73 Å². The predicted molar refractivity (Wildman–Crippen MR) is 75.3 cm³/mol. The lowest BCUT2D eigenvalue weighted by atomic mass is 10.2. The van der Waals surface area contributed by atoms with E-state index in [9.17, 15) is 17.6 Å². The van der Waals surface area contributed by atoms with E-state index < -0.39 is 15.8 Å². The molecule has 1 aromatic carbocycles. The van der Waals surface area contributed by atoms with Crippen LogP contribution in [0.3, 0.4) is 0 Å². The summed E-state index contributed by atoms with van der Waals surface area (Å²) in [5.41, 5.74) is 5.46. The van der Waals surface area contributed by atoms with E-state index in [-0.39, 0.29) is 36.0 Å². The van der Waals surface area contributed by atoms with Crippen LogP contribution in [-0.2, 0) is 21.4 Å². The molecule has 0 aromatic heterocycles. The van der Waals surface area contributed by atoms with Crippen molar-refractivity contribution in [1.29, 1.82) is 0 Å². The highest BCUT2D eigenvalue weighted by molar-refractivity contribution is 7.89. The molecule has 0 radical (unpaired) electrons. The molecular formula is C13H18FN3O3S. The third-order valence-electron chi connectivity index (χ3n) is 3.58. The zero-order valence-electron chi connectivity index (χ0n) is 11.8. The number of sulfonamides is 1. The first-order chi connectivity index (χ1) is 9.87. The Kier molecular flexibility index (Phi) is 4.60. The van der Waals surface area contributed by atoms with Gasteiger partial charge in [-0.15, -0.1) is 0 Å². The molecule has 8 heteroatoms. The molecule has 1 aliphatic rings. The number of piperazine rings is 1. The Hall–Kier alpha value is -1.51. The van der Waals surface area contributed by atoms with Crippen molar-refractivity contribution in [1.82, 2.24) is 9.21 Å². The Morgan fingerprint density at radius 2 is 1.90 bits per heavy atom. The summed E-state index contributed by atoms with van der Waals surface area (Å²) >= 11 is 0. The molecule has 0 unspecified atom stereocenters. The quantitative estimate of drug-likeness (QED) is 0.860. The van der Waals surface area contributed by atoms with E-state index in [4.69, 9.17) is 5.73 Å². The molecule has 0 saturated carbocycles. The van der Waals surface area contributed by atoms with Crippen molar-refractivity contribution in [3.8, 4) is 0 Å². The Balaban J connectivity index is 2.28. The van der Waals surface area contributed by atoms with Crippen LogP contribution in [0, 0.1) is 5.82 Å². The highest BCUT2D eigenvalue weighted by Crippen LogP contribution is 2.23. The van der Waals surface area contributed by atoms with E-state index in [1.54, 1.807) is 4.90 Å². The Morgan fingerprint density at radius 1 is 1.29 bits per heavy atom. The van der Waals surface area contributed by atoms with Crippen molar-refractivity contribution in [2.24, 2.45) is 5.73 Å². The highest BCUT2D eigenvalue weighted by Gasteiger charge is 2.31. The van der Waals surface area contributed by atoms with Gasteiger partial charge in [0, 0.05) is 45.2 Å². The first-order valence-corrected chi connectivity index (χ1v) is 8.05.